The molecule has 0 atom stereocenters. The molecule has 40 heavy (non-hydrogen) atoms. The van der Waals surface area contributed by atoms with E-state index >= 15 is 0 Å². The first-order chi connectivity index (χ1) is 19.1. The number of azo groups is 2. The van der Waals surface area contributed by atoms with Gasteiger partial charge in [0, 0.05) is 21.5 Å². The minimum Gasteiger partial charge on any atom is -0.507 e. The van der Waals surface area contributed by atoms with Gasteiger partial charge in [-0.1, -0.05) is 48.5 Å². The van der Waals surface area contributed by atoms with E-state index in [1.807, 2.05) is 0 Å². The number of benzene rings is 5. The predicted octanol–water partition coefficient (Wildman–Crippen LogP) is 6.89. The van der Waals surface area contributed by atoms with E-state index in [9.17, 15) is 38.2 Å². The number of carboxylic acid groups (broad SMARTS) is 1. The zero-order chi connectivity index (χ0) is 28.6. The number of aromatic hydroxyl groups is 3. The Balaban J connectivity index is 1.57. The SMILES string of the molecule is O=C(O)c1c(O)ccc(N=Nc2ccc(N=Nc3cc(S(=O)(=O)O)c4ccccc4c3O)c3ccccc23)c1O. The van der Waals surface area contributed by atoms with Crippen molar-refractivity contribution in [1.29, 1.82) is 0 Å². The Morgan fingerprint density at radius 2 is 1.07 bits per heavy atom. The zero-order valence-corrected chi connectivity index (χ0v) is 21.0. The summed E-state index contributed by atoms with van der Waals surface area (Å²) >= 11 is 0. The number of phenols is 3. The van der Waals surface area contributed by atoms with Crippen LogP contribution in [0, 0.1) is 0 Å². The fourth-order valence-corrected chi connectivity index (χ4v) is 4.84. The molecule has 0 aliphatic carbocycles. The van der Waals surface area contributed by atoms with Gasteiger partial charge in [-0.3, -0.25) is 4.55 Å². The van der Waals surface area contributed by atoms with Gasteiger partial charge in [-0.05, 0) is 30.3 Å². The van der Waals surface area contributed by atoms with E-state index in [4.69, 9.17) is 0 Å². The van der Waals surface area contributed by atoms with Gasteiger partial charge in [0.05, 0.1) is 11.4 Å². The highest BCUT2D eigenvalue weighted by molar-refractivity contribution is 7.86. The van der Waals surface area contributed by atoms with Crippen LogP contribution in [0.1, 0.15) is 10.4 Å². The molecule has 5 N–H and O–H groups in total. The van der Waals surface area contributed by atoms with Crippen LogP contribution in [0.4, 0.5) is 22.7 Å². The Morgan fingerprint density at radius 3 is 1.62 bits per heavy atom. The average molecular weight is 559 g/mol. The third-order valence-electron chi connectivity index (χ3n) is 5.99. The number of phenolic OH excluding ortho intramolecular Hbond substituents is 1. The summed E-state index contributed by atoms with van der Waals surface area (Å²) in [6, 6.07) is 19.4. The summed E-state index contributed by atoms with van der Waals surface area (Å²) in [5, 5.41) is 57.6. The molecule has 5 rings (SSSR count). The molecule has 0 saturated carbocycles. The van der Waals surface area contributed by atoms with Crippen molar-refractivity contribution in [3.8, 4) is 17.2 Å². The quantitative estimate of drug-likeness (QED) is 0.109. The first-order valence-electron chi connectivity index (χ1n) is 11.4. The van der Waals surface area contributed by atoms with Crippen LogP contribution in [-0.2, 0) is 10.1 Å². The molecule has 0 aliphatic rings. The molecule has 13 heteroatoms. The lowest BCUT2D eigenvalue weighted by molar-refractivity contribution is 0.0690. The highest BCUT2D eigenvalue weighted by Crippen LogP contribution is 2.42. The molecule has 0 radical (unpaired) electrons. The number of nitrogens with zero attached hydrogens (tertiary/aromatic N) is 4. The Kier molecular flexibility index (Phi) is 6.59. The average Bonchev–Trinajstić information content (AvgIpc) is 2.92. The second-order valence-corrected chi connectivity index (χ2v) is 9.84. The minimum absolute atomic E-state index is 0.122. The van der Waals surface area contributed by atoms with Crippen LogP contribution in [0.3, 0.4) is 0 Å². The lowest BCUT2D eigenvalue weighted by atomic mass is 10.1. The molecular weight excluding hydrogens is 540 g/mol. The van der Waals surface area contributed by atoms with Crippen molar-refractivity contribution in [1.82, 2.24) is 0 Å². The topological polar surface area (TPSA) is 202 Å². The highest BCUT2D eigenvalue weighted by atomic mass is 32.2. The molecule has 12 nitrogen and oxygen atoms in total. The number of aromatic carboxylic acids is 1. The van der Waals surface area contributed by atoms with Gasteiger partial charge in [-0.15, -0.1) is 20.5 Å². The first-order valence-corrected chi connectivity index (χ1v) is 12.9. The van der Waals surface area contributed by atoms with E-state index < -0.39 is 38.0 Å². The highest BCUT2D eigenvalue weighted by Gasteiger charge is 2.20. The Morgan fingerprint density at radius 1 is 0.600 bits per heavy atom. The molecule has 0 spiro atoms. The summed E-state index contributed by atoms with van der Waals surface area (Å²) in [6.07, 6.45) is 0. The number of fused-ring (bicyclic) bond motifs is 2. The second kappa shape index (κ2) is 10.1. The fourth-order valence-electron chi connectivity index (χ4n) is 4.12. The molecule has 0 aromatic heterocycles. The van der Waals surface area contributed by atoms with Crippen LogP contribution in [0.5, 0.6) is 17.2 Å². The molecule has 0 unspecified atom stereocenters. The van der Waals surface area contributed by atoms with E-state index in [-0.39, 0.29) is 27.9 Å². The standard InChI is InChI=1S/C27H18N4O8S/c32-22-12-11-20(26(34)24(22)27(35)36)30-28-18-9-10-19(15-6-2-1-5-14(15)18)29-31-21-13-23(40(37,38)39)16-7-3-4-8-17(16)25(21)33/h1-13,32-34H,(H,35,36)(H,37,38,39). The van der Waals surface area contributed by atoms with E-state index in [0.29, 0.717) is 22.1 Å². The lowest BCUT2D eigenvalue weighted by Crippen LogP contribution is -1.99. The monoisotopic (exact) mass is 558 g/mol. The van der Waals surface area contributed by atoms with Crippen molar-refractivity contribution in [2.75, 3.05) is 0 Å². The maximum atomic E-state index is 12.0. The van der Waals surface area contributed by atoms with Gasteiger partial charge in [-0.2, -0.15) is 8.42 Å². The molecule has 5 aromatic rings. The van der Waals surface area contributed by atoms with Gasteiger partial charge in [0.25, 0.3) is 10.1 Å². The largest absolute Gasteiger partial charge is 0.507 e. The predicted molar refractivity (Wildman–Crippen MR) is 144 cm³/mol. The molecule has 0 aliphatic heterocycles. The van der Waals surface area contributed by atoms with Gasteiger partial charge >= 0.3 is 5.97 Å². The van der Waals surface area contributed by atoms with Crippen LogP contribution < -0.4 is 0 Å². The van der Waals surface area contributed by atoms with Crippen molar-refractivity contribution in [2.45, 2.75) is 4.90 Å². The molecule has 0 fully saturated rings. The molecule has 0 bridgehead atoms. The summed E-state index contributed by atoms with van der Waals surface area (Å²) in [6.45, 7) is 0. The van der Waals surface area contributed by atoms with Gasteiger partial charge in [0.15, 0.2) is 11.5 Å². The van der Waals surface area contributed by atoms with E-state index in [1.54, 1.807) is 48.5 Å². The number of hydrogen-bond acceptors (Lipinski definition) is 10. The summed E-state index contributed by atoms with van der Waals surface area (Å²) in [7, 11) is -4.63. The van der Waals surface area contributed by atoms with E-state index in [0.717, 1.165) is 12.1 Å². The summed E-state index contributed by atoms with van der Waals surface area (Å²) < 4.78 is 33.7. The van der Waals surface area contributed by atoms with Crippen molar-refractivity contribution >= 4 is 60.4 Å². The Hall–Kier alpha value is -5.40. The summed E-state index contributed by atoms with van der Waals surface area (Å²) in [5.74, 6) is -3.22. The lowest BCUT2D eigenvalue weighted by Gasteiger charge is -2.09. The van der Waals surface area contributed by atoms with Crippen LogP contribution >= 0.6 is 0 Å². The molecule has 5 aromatic carbocycles. The van der Waals surface area contributed by atoms with Gasteiger partial charge in [0.1, 0.15) is 27.6 Å². The smallest absolute Gasteiger partial charge is 0.343 e. The molecule has 200 valence electrons. The number of carbonyl (C=O) groups is 1. The minimum atomic E-state index is -4.63. The number of carboxylic acids is 1. The third kappa shape index (κ3) is 4.77. The van der Waals surface area contributed by atoms with Crippen molar-refractivity contribution in [3.05, 3.63) is 84.4 Å². The van der Waals surface area contributed by atoms with Crippen LogP contribution in [0.25, 0.3) is 21.5 Å². The summed E-state index contributed by atoms with van der Waals surface area (Å²) in [4.78, 5) is 10.9. The maximum absolute atomic E-state index is 12.0. The third-order valence-corrected chi connectivity index (χ3v) is 6.89. The molecular formula is C27H18N4O8S. The van der Waals surface area contributed by atoms with Crippen LogP contribution in [0.2, 0.25) is 0 Å². The number of rotatable bonds is 6. The van der Waals surface area contributed by atoms with Gasteiger partial charge in [0.2, 0.25) is 0 Å². The first kappa shape index (κ1) is 26.2. The fraction of sp³-hybridized carbons (Fsp3) is 0. The molecule has 0 amide bonds. The van der Waals surface area contributed by atoms with Gasteiger partial charge < -0.3 is 20.4 Å². The van der Waals surface area contributed by atoms with Crippen molar-refractivity contribution in [3.63, 3.8) is 0 Å². The van der Waals surface area contributed by atoms with Gasteiger partial charge in [-0.25, -0.2) is 4.79 Å². The molecule has 0 heterocycles. The van der Waals surface area contributed by atoms with Crippen LogP contribution in [-0.4, -0.2) is 39.4 Å². The Labute approximate surface area is 225 Å². The summed E-state index contributed by atoms with van der Waals surface area (Å²) in [5.41, 5.74) is -0.399. The Bertz CT molecular complexity index is 2010. The van der Waals surface area contributed by atoms with Crippen molar-refractivity contribution in [2.24, 2.45) is 20.5 Å². The van der Waals surface area contributed by atoms with Crippen LogP contribution in [0.15, 0.2) is 104 Å². The van der Waals surface area contributed by atoms with Crippen molar-refractivity contribution < 1.29 is 38.2 Å². The zero-order valence-electron chi connectivity index (χ0n) is 20.2. The second-order valence-electron chi connectivity index (χ2n) is 8.45. The van der Waals surface area contributed by atoms with E-state index in [2.05, 4.69) is 20.5 Å². The molecule has 0 saturated heterocycles. The maximum Gasteiger partial charge on any atom is 0.343 e. The van der Waals surface area contributed by atoms with E-state index in [1.165, 1.54) is 18.2 Å². The number of hydrogen-bond donors (Lipinski definition) is 5. The normalized spacial score (nSPS) is 12.1.